The van der Waals surface area contributed by atoms with Crippen LogP contribution in [0.3, 0.4) is 0 Å². The summed E-state index contributed by atoms with van der Waals surface area (Å²) in [7, 11) is 1.45. The van der Waals surface area contributed by atoms with E-state index in [1.54, 1.807) is 4.68 Å². The molecule has 1 aromatic carbocycles. The van der Waals surface area contributed by atoms with Gasteiger partial charge in [0.05, 0.1) is 5.69 Å². The highest BCUT2D eigenvalue weighted by Crippen LogP contribution is 2.21. The lowest BCUT2D eigenvalue weighted by molar-refractivity contribution is -0.119. The number of hydrogen-bond acceptors (Lipinski definition) is 6. The quantitative estimate of drug-likeness (QED) is 0.771. The topological polar surface area (TPSA) is 102 Å². The van der Waals surface area contributed by atoms with E-state index in [0.29, 0.717) is 16.8 Å². The minimum Gasteiger partial charge on any atom is -0.341 e. The van der Waals surface area contributed by atoms with E-state index >= 15 is 0 Å². The Labute approximate surface area is 144 Å². The fourth-order valence-corrected chi connectivity index (χ4v) is 2.75. The van der Waals surface area contributed by atoms with Gasteiger partial charge in [-0.05, 0) is 34.0 Å². The van der Waals surface area contributed by atoms with Gasteiger partial charge >= 0.3 is 6.03 Å². The Morgan fingerprint density at radius 1 is 1.25 bits per heavy atom. The molecule has 0 radical (unpaired) electrons. The van der Waals surface area contributed by atoms with Crippen molar-refractivity contribution in [2.45, 2.75) is 31.3 Å². The van der Waals surface area contributed by atoms with Gasteiger partial charge in [-0.3, -0.25) is 10.1 Å². The summed E-state index contributed by atoms with van der Waals surface area (Å²) >= 11 is 1.36. The summed E-state index contributed by atoms with van der Waals surface area (Å²) in [5.74, 6) is 0.579. The summed E-state index contributed by atoms with van der Waals surface area (Å²) in [6, 6.07) is 7.52. The highest BCUT2D eigenvalue weighted by Gasteiger charge is 2.11. The molecule has 0 fully saturated rings. The first-order valence-electron chi connectivity index (χ1n) is 7.54. The standard InChI is InChI=1S/C15H20N6O2S/c1-10(2)11-4-6-12(7-5-11)21-15(18-19-20-21)24-9-8-13(22)17-14(23)16-3/h4-7,10H,8-9H2,1-3H3,(H2,16,17,22,23). The van der Waals surface area contributed by atoms with Crippen LogP contribution in [0.5, 0.6) is 0 Å². The van der Waals surface area contributed by atoms with Crippen LogP contribution in [0.2, 0.25) is 0 Å². The first-order valence-corrected chi connectivity index (χ1v) is 8.53. The molecule has 0 saturated heterocycles. The number of aromatic nitrogens is 4. The second-order valence-electron chi connectivity index (χ2n) is 5.35. The molecule has 9 heteroatoms. The van der Waals surface area contributed by atoms with Gasteiger partial charge in [0.2, 0.25) is 11.1 Å². The summed E-state index contributed by atoms with van der Waals surface area (Å²) in [5, 5.41) is 16.8. The van der Waals surface area contributed by atoms with Gasteiger partial charge in [-0.1, -0.05) is 37.7 Å². The zero-order valence-corrected chi connectivity index (χ0v) is 14.6. The summed E-state index contributed by atoms with van der Waals surface area (Å²) < 4.78 is 1.63. The molecule has 1 heterocycles. The largest absolute Gasteiger partial charge is 0.341 e. The number of thioether (sulfide) groups is 1. The molecule has 8 nitrogen and oxygen atoms in total. The molecule has 2 rings (SSSR count). The van der Waals surface area contributed by atoms with Gasteiger partial charge in [0.1, 0.15) is 0 Å². The monoisotopic (exact) mass is 348 g/mol. The number of carbonyl (C=O) groups is 2. The fourth-order valence-electron chi connectivity index (χ4n) is 1.92. The number of hydrogen-bond donors (Lipinski definition) is 2. The first-order chi connectivity index (χ1) is 11.5. The lowest BCUT2D eigenvalue weighted by atomic mass is 10.0. The maximum atomic E-state index is 11.6. The average molecular weight is 348 g/mol. The van der Waals surface area contributed by atoms with Gasteiger partial charge in [0.25, 0.3) is 0 Å². The Bertz CT molecular complexity index is 698. The van der Waals surface area contributed by atoms with Crippen molar-refractivity contribution in [2.24, 2.45) is 0 Å². The summed E-state index contributed by atoms with van der Waals surface area (Å²) in [6.07, 6.45) is 0.192. The van der Waals surface area contributed by atoms with Crippen LogP contribution in [0.4, 0.5) is 4.79 Å². The summed E-state index contributed by atoms with van der Waals surface area (Å²) in [6.45, 7) is 4.27. The third-order valence-corrected chi connectivity index (χ3v) is 4.21. The molecule has 2 aromatic rings. The average Bonchev–Trinajstić information content (AvgIpc) is 3.03. The maximum Gasteiger partial charge on any atom is 0.321 e. The lowest BCUT2D eigenvalue weighted by Gasteiger charge is -2.08. The number of nitrogens with one attached hydrogen (secondary N) is 2. The molecule has 3 amide bonds. The van der Waals surface area contributed by atoms with E-state index in [2.05, 4.69) is 40.0 Å². The molecule has 0 aliphatic carbocycles. The van der Waals surface area contributed by atoms with Crippen molar-refractivity contribution in [1.82, 2.24) is 30.8 Å². The van der Waals surface area contributed by atoms with E-state index in [0.717, 1.165) is 5.69 Å². The Kier molecular flexibility index (Phi) is 6.30. The SMILES string of the molecule is CNC(=O)NC(=O)CCSc1nnnn1-c1ccc(C(C)C)cc1. The summed E-state index contributed by atoms with van der Waals surface area (Å²) in [5.41, 5.74) is 2.11. The Morgan fingerprint density at radius 2 is 1.96 bits per heavy atom. The van der Waals surface area contributed by atoms with Crippen LogP contribution in [-0.4, -0.2) is 44.9 Å². The van der Waals surface area contributed by atoms with E-state index < -0.39 is 6.03 Å². The van der Waals surface area contributed by atoms with Crippen molar-refractivity contribution in [3.63, 3.8) is 0 Å². The van der Waals surface area contributed by atoms with Crippen LogP contribution < -0.4 is 10.6 Å². The minimum absolute atomic E-state index is 0.192. The molecule has 0 spiro atoms. The molecule has 2 N–H and O–H groups in total. The fraction of sp³-hybridized carbons (Fsp3) is 0.400. The van der Waals surface area contributed by atoms with Crippen molar-refractivity contribution >= 4 is 23.7 Å². The molecule has 0 aliphatic heterocycles. The van der Waals surface area contributed by atoms with Crippen molar-refractivity contribution in [3.05, 3.63) is 29.8 Å². The molecule has 0 atom stereocenters. The van der Waals surface area contributed by atoms with Crippen molar-refractivity contribution in [2.75, 3.05) is 12.8 Å². The van der Waals surface area contributed by atoms with Crippen LogP contribution in [0.25, 0.3) is 5.69 Å². The van der Waals surface area contributed by atoms with Crippen LogP contribution >= 0.6 is 11.8 Å². The number of imide groups is 1. The number of nitrogens with zero attached hydrogens (tertiary/aromatic N) is 4. The van der Waals surface area contributed by atoms with Gasteiger partial charge in [0, 0.05) is 19.2 Å². The molecule has 1 aromatic heterocycles. The predicted octanol–water partition coefficient (Wildman–Crippen LogP) is 1.72. The van der Waals surface area contributed by atoms with E-state index in [-0.39, 0.29) is 12.3 Å². The molecular formula is C15H20N6O2S. The van der Waals surface area contributed by atoms with Crippen LogP contribution in [-0.2, 0) is 4.79 Å². The number of benzene rings is 1. The van der Waals surface area contributed by atoms with Gasteiger partial charge in [0.15, 0.2) is 0 Å². The molecule has 0 bridgehead atoms. The molecule has 128 valence electrons. The smallest absolute Gasteiger partial charge is 0.321 e. The zero-order chi connectivity index (χ0) is 17.5. The number of tetrazole rings is 1. The van der Waals surface area contributed by atoms with E-state index in [4.69, 9.17) is 0 Å². The number of rotatable bonds is 6. The van der Waals surface area contributed by atoms with Crippen LogP contribution in [0.15, 0.2) is 29.4 Å². The Morgan fingerprint density at radius 3 is 2.58 bits per heavy atom. The van der Waals surface area contributed by atoms with Gasteiger partial charge < -0.3 is 5.32 Å². The highest BCUT2D eigenvalue weighted by molar-refractivity contribution is 7.99. The predicted molar refractivity (Wildman–Crippen MR) is 91.2 cm³/mol. The second-order valence-corrected chi connectivity index (χ2v) is 6.41. The maximum absolute atomic E-state index is 11.6. The number of carbonyl (C=O) groups excluding carboxylic acids is 2. The third kappa shape index (κ3) is 4.79. The molecule has 0 unspecified atom stereocenters. The minimum atomic E-state index is -0.514. The second kappa shape index (κ2) is 8.44. The summed E-state index contributed by atoms with van der Waals surface area (Å²) in [4.78, 5) is 22.6. The van der Waals surface area contributed by atoms with E-state index in [1.165, 1.54) is 24.4 Å². The van der Waals surface area contributed by atoms with Gasteiger partial charge in [-0.25, -0.2) is 4.79 Å². The molecule has 0 aliphatic rings. The van der Waals surface area contributed by atoms with Crippen molar-refractivity contribution < 1.29 is 9.59 Å². The highest BCUT2D eigenvalue weighted by atomic mass is 32.2. The molecular weight excluding hydrogens is 328 g/mol. The van der Waals surface area contributed by atoms with Crippen molar-refractivity contribution in [3.8, 4) is 5.69 Å². The number of urea groups is 1. The van der Waals surface area contributed by atoms with E-state index in [9.17, 15) is 9.59 Å². The molecule has 24 heavy (non-hydrogen) atoms. The van der Waals surface area contributed by atoms with Crippen molar-refractivity contribution in [1.29, 1.82) is 0 Å². The van der Waals surface area contributed by atoms with Crippen LogP contribution in [0.1, 0.15) is 31.7 Å². The number of amides is 3. The first kappa shape index (κ1) is 17.9. The normalized spacial score (nSPS) is 10.7. The lowest BCUT2D eigenvalue weighted by Crippen LogP contribution is -2.37. The van der Waals surface area contributed by atoms with E-state index in [1.807, 2.05) is 24.3 Å². The zero-order valence-electron chi connectivity index (χ0n) is 13.8. The third-order valence-electron chi connectivity index (χ3n) is 3.29. The van der Waals surface area contributed by atoms with Gasteiger partial charge in [-0.15, -0.1) is 5.10 Å². The molecule has 0 saturated carbocycles. The van der Waals surface area contributed by atoms with Crippen LogP contribution in [0, 0.1) is 0 Å². The van der Waals surface area contributed by atoms with Gasteiger partial charge in [-0.2, -0.15) is 4.68 Å². The Balaban J connectivity index is 1.95. The Hall–Kier alpha value is -2.42.